The number of pyridine rings is 1. The molecule has 0 aliphatic heterocycles. The van der Waals surface area contributed by atoms with Crippen LogP contribution in [0.25, 0.3) is 16.9 Å². The first-order valence-electron chi connectivity index (χ1n) is 9.59. The summed E-state index contributed by atoms with van der Waals surface area (Å²) in [5.74, 6) is -1.81. The predicted octanol–water partition coefficient (Wildman–Crippen LogP) is 5.97. The van der Waals surface area contributed by atoms with Crippen molar-refractivity contribution in [3.05, 3.63) is 86.8 Å². The molecule has 2 aromatic carbocycles. The number of hydrogen-bond acceptors (Lipinski definition) is 5. The van der Waals surface area contributed by atoms with Crippen LogP contribution in [0, 0.1) is 11.6 Å². The van der Waals surface area contributed by atoms with Crippen molar-refractivity contribution in [3.8, 4) is 16.9 Å². The number of amides is 1. The number of benzene rings is 2. The Morgan fingerprint density at radius 3 is 2.47 bits per heavy atom. The molecule has 0 aliphatic carbocycles. The van der Waals surface area contributed by atoms with Crippen LogP contribution in [0.4, 0.5) is 14.5 Å². The first kappa shape index (κ1) is 24.0. The fourth-order valence-electron chi connectivity index (χ4n) is 3.28. The summed E-state index contributed by atoms with van der Waals surface area (Å²) in [5, 5.41) is 10.6. The average molecular weight is 525 g/mol. The van der Waals surface area contributed by atoms with Crippen LogP contribution in [0.1, 0.15) is 15.9 Å². The number of hydrogen-bond donors (Lipinski definition) is 1. The zero-order valence-corrected chi connectivity index (χ0v) is 19.6. The molecular weight excluding hydrogens is 511 g/mol. The van der Waals surface area contributed by atoms with E-state index in [0.29, 0.717) is 0 Å². The highest BCUT2D eigenvalue weighted by molar-refractivity contribution is 6.36. The van der Waals surface area contributed by atoms with Gasteiger partial charge in [-0.3, -0.25) is 4.79 Å². The molecule has 2 heterocycles. The molecule has 0 fully saturated rings. The molecular formula is C22H14Cl3F2N5O2. The van der Waals surface area contributed by atoms with E-state index in [-0.39, 0.29) is 55.4 Å². The highest BCUT2D eigenvalue weighted by Gasteiger charge is 2.24. The van der Waals surface area contributed by atoms with Crippen LogP contribution in [-0.2, 0) is 11.3 Å². The molecule has 0 spiro atoms. The largest absolute Gasteiger partial charge is 0.380 e. The maximum atomic E-state index is 15.3. The van der Waals surface area contributed by atoms with Gasteiger partial charge in [-0.15, -0.1) is 4.80 Å². The van der Waals surface area contributed by atoms with E-state index in [4.69, 9.17) is 39.5 Å². The van der Waals surface area contributed by atoms with E-state index >= 15 is 4.39 Å². The maximum absolute atomic E-state index is 15.3. The van der Waals surface area contributed by atoms with Crippen LogP contribution in [0.5, 0.6) is 0 Å². The Hall–Kier alpha value is -3.11. The SMILES string of the molecule is COCc1c(Cl)c(C(=O)Nc2cnc(-n3nccn3)c(Cl)c2)cc(F)c1-c1ccc(F)cc1Cl. The Labute approximate surface area is 207 Å². The standard InChI is InChI=1S/C22H14Cl3F2N5O2/c1-34-10-15-19(13-3-2-11(26)6-16(13)23)18(27)8-14(20(15)25)22(33)31-12-7-17(24)21(28-9-12)32-29-4-5-30-32/h2-9H,10H2,1H3,(H,31,33). The molecule has 0 saturated carbocycles. The molecule has 0 aliphatic rings. The van der Waals surface area contributed by atoms with E-state index in [1.807, 2.05) is 0 Å². The molecule has 0 radical (unpaired) electrons. The first-order valence-corrected chi connectivity index (χ1v) is 10.7. The highest BCUT2D eigenvalue weighted by atomic mass is 35.5. The molecule has 174 valence electrons. The van der Waals surface area contributed by atoms with Gasteiger partial charge in [0.05, 0.1) is 51.5 Å². The van der Waals surface area contributed by atoms with Crippen LogP contribution in [-0.4, -0.2) is 33.0 Å². The normalized spacial score (nSPS) is 11.0. The number of carbonyl (C=O) groups excluding carboxylic acids is 1. The smallest absolute Gasteiger partial charge is 0.257 e. The lowest BCUT2D eigenvalue weighted by Crippen LogP contribution is -2.15. The topological polar surface area (TPSA) is 81.9 Å². The van der Waals surface area contributed by atoms with Gasteiger partial charge in [-0.25, -0.2) is 13.8 Å². The molecule has 4 aromatic rings. The number of nitrogens with one attached hydrogen (secondary N) is 1. The average Bonchev–Trinajstić information content (AvgIpc) is 3.32. The number of halogens is 5. The minimum atomic E-state index is -0.786. The lowest BCUT2D eigenvalue weighted by atomic mass is 9.96. The van der Waals surface area contributed by atoms with Crippen LogP contribution in [0.15, 0.2) is 48.9 Å². The maximum Gasteiger partial charge on any atom is 0.257 e. The highest BCUT2D eigenvalue weighted by Crippen LogP contribution is 2.39. The van der Waals surface area contributed by atoms with Crippen molar-refractivity contribution in [2.24, 2.45) is 0 Å². The van der Waals surface area contributed by atoms with Crippen molar-refractivity contribution in [2.45, 2.75) is 6.61 Å². The summed E-state index contributed by atoms with van der Waals surface area (Å²) >= 11 is 18.9. The van der Waals surface area contributed by atoms with Gasteiger partial charge in [0, 0.05) is 23.8 Å². The van der Waals surface area contributed by atoms with Gasteiger partial charge in [-0.05, 0) is 30.3 Å². The minimum Gasteiger partial charge on any atom is -0.380 e. The molecule has 4 rings (SSSR count). The number of ether oxygens (including phenoxy) is 1. The Balaban J connectivity index is 1.70. The Morgan fingerprint density at radius 2 is 1.82 bits per heavy atom. The zero-order chi connectivity index (χ0) is 24.4. The van der Waals surface area contributed by atoms with Crippen molar-refractivity contribution in [3.63, 3.8) is 0 Å². The van der Waals surface area contributed by atoms with E-state index in [1.165, 1.54) is 42.6 Å². The third-order valence-electron chi connectivity index (χ3n) is 4.73. The molecule has 0 bridgehead atoms. The van der Waals surface area contributed by atoms with E-state index in [9.17, 15) is 9.18 Å². The second-order valence-electron chi connectivity index (χ2n) is 6.93. The molecule has 0 unspecified atom stereocenters. The quantitative estimate of drug-likeness (QED) is 0.336. The summed E-state index contributed by atoms with van der Waals surface area (Å²) in [5.41, 5.74) is 0.483. The van der Waals surface area contributed by atoms with E-state index < -0.39 is 17.5 Å². The minimum absolute atomic E-state index is 0.00851. The summed E-state index contributed by atoms with van der Waals surface area (Å²) < 4.78 is 33.9. The predicted molar refractivity (Wildman–Crippen MR) is 125 cm³/mol. The molecule has 34 heavy (non-hydrogen) atoms. The molecule has 0 saturated heterocycles. The van der Waals surface area contributed by atoms with Crippen molar-refractivity contribution in [1.82, 2.24) is 20.0 Å². The molecule has 1 amide bonds. The molecule has 0 atom stereocenters. The number of aromatic nitrogens is 4. The lowest BCUT2D eigenvalue weighted by molar-refractivity contribution is 0.102. The first-order chi connectivity index (χ1) is 16.3. The van der Waals surface area contributed by atoms with Gasteiger partial charge in [0.15, 0.2) is 5.82 Å². The Bertz CT molecular complexity index is 1380. The van der Waals surface area contributed by atoms with Crippen molar-refractivity contribution in [1.29, 1.82) is 0 Å². The van der Waals surface area contributed by atoms with Crippen molar-refractivity contribution in [2.75, 3.05) is 12.4 Å². The number of rotatable bonds is 6. The zero-order valence-electron chi connectivity index (χ0n) is 17.3. The number of carbonyl (C=O) groups is 1. The van der Waals surface area contributed by atoms with Crippen LogP contribution in [0.2, 0.25) is 15.1 Å². The monoisotopic (exact) mass is 523 g/mol. The van der Waals surface area contributed by atoms with Crippen molar-refractivity contribution < 1.29 is 18.3 Å². The van der Waals surface area contributed by atoms with Crippen LogP contribution in [0.3, 0.4) is 0 Å². The lowest BCUT2D eigenvalue weighted by Gasteiger charge is -2.17. The second kappa shape index (κ2) is 10.0. The van der Waals surface area contributed by atoms with Gasteiger partial charge >= 0.3 is 0 Å². The van der Waals surface area contributed by atoms with Gasteiger partial charge in [0.2, 0.25) is 0 Å². The molecule has 12 heteroatoms. The molecule has 7 nitrogen and oxygen atoms in total. The third kappa shape index (κ3) is 4.74. The number of nitrogens with zero attached hydrogens (tertiary/aromatic N) is 4. The fourth-order valence-corrected chi connectivity index (χ4v) is 4.07. The summed E-state index contributed by atoms with van der Waals surface area (Å²) in [6.45, 7) is -0.126. The summed E-state index contributed by atoms with van der Waals surface area (Å²) in [7, 11) is 1.39. The summed E-state index contributed by atoms with van der Waals surface area (Å²) in [4.78, 5) is 18.3. The number of methoxy groups -OCH3 is 1. The fraction of sp³-hybridized carbons (Fsp3) is 0.0909. The van der Waals surface area contributed by atoms with Crippen LogP contribution >= 0.6 is 34.8 Å². The Morgan fingerprint density at radius 1 is 1.09 bits per heavy atom. The van der Waals surface area contributed by atoms with Gasteiger partial charge in [-0.1, -0.05) is 34.8 Å². The molecule has 1 N–H and O–H groups in total. The van der Waals surface area contributed by atoms with E-state index in [1.54, 1.807) is 0 Å². The third-order valence-corrected chi connectivity index (χ3v) is 5.76. The van der Waals surface area contributed by atoms with E-state index in [0.717, 1.165) is 18.2 Å². The summed E-state index contributed by atoms with van der Waals surface area (Å²) in [6.07, 6.45) is 4.27. The number of anilines is 1. The molecule has 2 aromatic heterocycles. The summed E-state index contributed by atoms with van der Waals surface area (Å²) in [6, 6.07) is 5.95. The Kier molecular flexibility index (Phi) is 7.08. The van der Waals surface area contributed by atoms with Gasteiger partial charge in [0.25, 0.3) is 5.91 Å². The van der Waals surface area contributed by atoms with Crippen molar-refractivity contribution >= 4 is 46.4 Å². The van der Waals surface area contributed by atoms with Gasteiger partial charge in [-0.2, -0.15) is 10.2 Å². The van der Waals surface area contributed by atoms with Gasteiger partial charge in [0.1, 0.15) is 11.6 Å². The van der Waals surface area contributed by atoms with E-state index in [2.05, 4.69) is 20.5 Å². The second-order valence-corrected chi connectivity index (χ2v) is 8.13. The van der Waals surface area contributed by atoms with Crippen LogP contribution < -0.4 is 5.32 Å². The van der Waals surface area contributed by atoms with Gasteiger partial charge < -0.3 is 10.1 Å².